The molecule has 0 saturated heterocycles. The Morgan fingerprint density at radius 1 is 1.06 bits per heavy atom. The van der Waals surface area contributed by atoms with Gasteiger partial charge in [0.1, 0.15) is 0 Å². The van der Waals surface area contributed by atoms with Crippen LogP contribution in [0.25, 0.3) is 0 Å². The Morgan fingerprint density at radius 3 is 2.41 bits per heavy atom. The summed E-state index contributed by atoms with van der Waals surface area (Å²) in [6.45, 7) is 6.58. The van der Waals surface area contributed by atoms with Gasteiger partial charge >= 0.3 is 112 Å². The average Bonchev–Trinajstić information content (AvgIpc) is 2.30. The van der Waals surface area contributed by atoms with Crippen molar-refractivity contribution in [3.63, 3.8) is 0 Å². The molecule has 1 rings (SSSR count). The zero-order valence-corrected chi connectivity index (χ0v) is 12.8. The number of rotatable bonds is 6. The molecule has 0 aliphatic rings. The van der Waals surface area contributed by atoms with Crippen molar-refractivity contribution in [2.45, 2.75) is 38.9 Å². The van der Waals surface area contributed by atoms with Gasteiger partial charge < -0.3 is 0 Å². The van der Waals surface area contributed by atoms with E-state index in [1.54, 1.807) is 0 Å². The van der Waals surface area contributed by atoms with Gasteiger partial charge in [-0.3, -0.25) is 0 Å². The predicted molar refractivity (Wildman–Crippen MR) is 79.1 cm³/mol. The predicted octanol–water partition coefficient (Wildman–Crippen LogP) is 4.13. The van der Waals surface area contributed by atoms with Crippen LogP contribution in [0.2, 0.25) is 5.32 Å². The minimum absolute atomic E-state index is 0.596. The molecule has 0 N–H and O–H groups in total. The molecule has 1 aromatic rings. The van der Waals surface area contributed by atoms with Gasteiger partial charge in [-0.2, -0.15) is 0 Å². The second-order valence-electron chi connectivity index (χ2n) is 4.49. The summed E-state index contributed by atoms with van der Waals surface area (Å²) >= 11 is 0.596. The standard InChI is InChI=1S/C16H22Se/c1-14(2)8-7-9-15(3)12-13-17-16-10-5-4-6-11-16/h4-6,8,10-12H,7,9,13H2,1-3H3/b15-12+. The van der Waals surface area contributed by atoms with Gasteiger partial charge in [-0.25, -0.2) is 0 Å². The van der Waals surface area contributed by atoms with E-state index in [1.165, 1.54) is 33.8 Å². The third-order valence-corrected chi connectivity index (χ3v) is 4.49. The first-order valence-corrected chi connectivity index (χ1v) is 8.22. The van der Waals surface area contributed by atoms with Gasteiger partial charge in [0.2, 0.25) is 0 Å². The molecule has 0 heterocycles. The van der Waals surface area contributed by atoms with Gasteiger partial charge in [0.05, 0.1) is 0 Å². The van der Waals surface area contributed by atoms with Crippen LogP contribution in [0, 0.1) is 0 Å². The van der Waals surface area contributed by atoms with Crippen LogP contribution in [0.5, 0.6) is 0 Å². The van der Waals surface area contributed by atoms with Crippen molar-refractivity contribution in [1.82, 2.24) is 0 Å². The molecule has 0 bridgehead atoms. The van der Waals surface area contributed by atoms with E-state index in [2.05, 4.69) is 63.3 Å². The van der Waals surface area contributed by atoms with Crippen molar-refractivity contribution < 1.29 is 0 Å². The van der Waals surface area contributed by atoms with E-state index in [0.717, 1.165) is 0 Å². The van der Waals surface area contributed by atoms with Gasteiger partial charge in [0, 0.05) is 0 Å². The molecule has 0 aliphatic heterocycles. The summed E-state index contributed by atoms with van der Waals surface area (Å²) in [4.78, 5) is 0. The Morgan fingerprint density at radius 2 is 1.76 bits per heavy atom. The molecule has 0 saturated carbocycles. The Kier molecular flexibility index (Phi) is 7.00. The second-order valence-corrected chi connectivity index (χ2v) is 6.79. The third-order valence-electron chi connectivity index (χ3n) is 2.52. The van der Waals surface area contributed by atoms with E-state index in [-0.39, 0.29) is 0 Å². The third kappa shape index (κ3) is 7.20. The van der Waals surface area contributed by atoms with Crippen LogP contribution in [-0.4, -0.2) is 15.0 Å². The molecule has 0 amide bonds. The van der Waals surface area contributed by atoms with E-state index in [4.69, 9.17) is 0 Å². The molecule has 0 nitrogen and oxygen atoms in total. The normalized spacial score (nSPS) is 11.4. The first kappa shape index (κ1) is 14.3. The van der Waals surface area contributed by atoms with E-state index < -0.39 is 0 Å². The SMILES string of the molecule is CC(C)=CCC/C(C)=C/C[Se]c1ccccc1. The molecule has 0 atom stereocenters. The number of benzene rings is 1. The van der Waals surface area contributed by atoms with Crippen molar-refractivity contribution in [3.05, 3.63) is 53.6 Å². The van der Waals surface area contributed by atoms with Crippen molar-refractivity contribution in [2.24, 2.45) is 0 Å². The minimum atomic E-state index is 0.596. The summed E-state index contributed by atoms with van der Waals surface area (Å²) in [7, 11) is 0. The molecule has 0 fully saturated rings. The summed E-state index contributed by atoms with van der Waals surface area (Å²) in [5, 5.41) is 1.22. The van der Waals surface area contributed by atoms with Crippen molar-refractivity contribution >= 4 is 19.4 Å². The van der Waals surface area contributed by atoms with Crippen LogP contribution < -0.4 is 4.46 Å². The Bertz CT molecular complexity index is 370. The first-order chi connectivity index (χ1) is 8.18. The monoisotopic (exact) mass is 294 g/mol. The van der Waals surface area contributed by atoms with E-state index in [0.29, 0.717) is 15.0 Å². The van der Waals surface area contributed by atoms with E-state index >= 15 is 0 Å². The maximum absolute atomic E-state index is 2.41. The number of hydrogen-bond acceptors (Lipinski definition) is 0. The first-order valence-electron chi connectivity index (χ1n) is 6.15. The Balaban J connectivity index is 2.26. The van der Waals surface area contributed by atoms with Crippen molar-refractivity contribution in [3.8, 4) is 0 Å². The summed E-state index contributed by atoms with van der Waals surface area (Å²) in [5.41, 5.74) is 2.95. The fourth-order valence-corrected chi connectivity index (χ4v) is 3.40. The second kappa shape index (κ2) is 8.33. The molecule has 1 heteroatoms. The molecule has 0 spiro atoms. The zero-order valence-electron chi connectivity index (χ0n) is 11.1. The molecular formula is C16H22Se. The van der Waals surface area contributed by atoms with E-state index in [1.807, 2.05) is 0 Å². The van der Waals surface area contributed by atoms with Gasteiger partial charge in [0.25, 0.3) is 0 Å². The molecule has 0 unspecified atom stereocenters. The summed E-state index contributed by atoms with van der Waals surface area (Å²) in [6.07, 6.45) is 7.12. The fourth-order valence-electron chi connectivity index (χ4n) is 1.49. The van der Waals surface area contributed by atoms with Crippen LogP contribution >= 0.6 is 0 Å². The molecule has 0 aliphatic carbocycles. The maximum atomic E-state index is 2.41. The molecule has 0 radical (unpaired) electrons. The van der Waals surface area contributed by atoms with E-state index in [9.17, 15) is 0 Å². The van der Waals surface area contributed by atoms with Crippen LogP contribution in [0.3, 0.4) is 0 Å². The quantitative estimate of drug-likeness (QED) is 0.546. The van der Waals surface area contributed by atoms with Crippen LogP contribution in [0.1, 0.15) is 33.6 Å². The van der Waals surface area contributed by atoms with Gasteiger partial charge in [-0.1, -0.05) is 0 Å². The Labute approximate surface area is 112 Å². The number of hydrogen-bond donors (Lipinski definition) is 0. The van der Waals surface area contributed by atoms with Crippen molar-refractivity contribution in [1.29, 1.82) is 0 Å². The fraction of sp³-hybridized carbons (Fsp3) is 0.375. The average molecular weight is 293 g/mol. The van der Waals surface area contributed by atoms with Gasteiger partial charge in [-0.05, 0) is 0 Å². The molecular weight excluding hydrogens is 271 g/mol. The molecule has 0 aromatic heterocycles. The van der Waals surface area contributed by atoms with Gasteiger partial charge in [0.15, 0.2) is 0 Å². The topological polar surface area (TPSA) is 0 Å². The molecule has 17 heavy (non-hydrogen) atoms. The molecule has 1 aromatic carbocycles. The summed E-state index contributed by atoms with van der Waals surface area (Å²) in [6, 6.07) is 10.8. The van der Waals surface area contributed by atoms with Crippen LogP contribution in [0.4, 0.5) is 0 Å². The zero-order chi connectivity index (χ0) is 12.5. The number of allylic oxidation sites excluding steroid dienone is 4. The Hall–Kier alpha value is -0.781. The molecule has 92 valence electrons. The van der Waals surface area contributed by atoms with Crippen molar-refractivity contribution in [2.75, 3.05) is 0 Å². The summed E-state index contributed by atoms with van der Waals surface area (Å²) in [5.74, 6) is 0. The van der Waals surface area contributed by atoms with Gasteiger partial charge in [-0.15, -0.1) is 0 Å². The summed E-state index contributed by atoms with van der Waals surface area (Å²) < 4.78 is 1.49. The van der Waals surface area contributed by atoms with Crippen LogP contribution in [0.15, 0.2) is 53.6 Å². The van der Waals surface area contributed by atoms with Crippen LogP contribution in [-0.2, 0) is 0 Å².